The molecule has 0 aliphatic carbocycles. The van der Waals surface area contributed by atoms with Crippen LogP contribution in [-0.4, -0.2) is 11.6 Å². The highest BCUT2D eigenvalue weighted by Gasteiger charge is 2.02. The molecule has 2 aromatic carbocycles. The Morgan fingerprint density at radius 3 is 2.38 bits per heavy atom. The average Bonchev–Trinajstić information content (AvgIpc) is 2.47. The van der Waals surface area contributed by atoms with Gasteiger partial charge in [-0.1, -0.05) is 36.9 Å². The van der Waals surface area contributed by atoms with Gasteiger partial charge in [0.15, 0.2) is 0 Å². The van der Waals surface area contributed by atoms with E-state index in [0.29, 0.717) is 0 Å². The number of hydrogen-bond donors (Lipinski definition) is 1. The molecule has 2 rings (SSSR count). The van der Waals surface area contributed by atoms with Crippen molar-refractivity contribution < 1.29 is 4.79 Å². The predicted octanol–water partition coefficient (Wildman–Crippen LogP) is 4.26. The molecule has 0 radical (unpaired) electrons. The van der Waals surface area contributed by atoms with E-state index in [9.17, 15) is 4.79 Å². The van der Waals surface area contributed by atoms with Crippen LogP contribution < -0.4 is 5.32 Å². The van der Waals surface area contributed by atoms with Crippen LogP contribution in [0.5, 0.6) is 0 Å². The lowest BCUT2D eigenvalue weighted by atomic mass is 10.1. The van der Waals surface area contributed by atoms with E-state index in [4.69, 9.17) is 0 Å². The standard InChI is InChI=1S/C18H18N2O/c1-4-17(20-18-8-6-5-7-13(18)2)15-9-11-16(12-10-15)19-14(3)21/h4-12H,1H2,2-3H3,(H,19,21). The molecule has 0 bridgehead atoms. The van der Waals surface area contributed by atoms with Crippen LogP contribution in [0.4, 0.5) is 11.4 Å². The van der Waals surface area contributed by atoms with Crippen LogP contribution in [0.2, 0.25) is 0 Å². The maximum atomic E-state index is 11.0. The summed E-state index contributed by atoms with van der Waals surface area (Å²) in [5, 5.41) is 2.74. The smallest absolute Gasteiger partial charge is 0.221 e. The molecule has 0 aromatic heterocycles. The number of hydrogen-bond acceptors (Lipinski definition) is 2. The lowest BCUT2D eigenvalue weighted by Crippen LogP contribution is -2.06. The third-order valence-electron chi connectivity index (χ3n) is 3.05. The Kier molecular flexibility index (Phi) is 4.67. The molecule has 3 nitrogen and oxygen atoms in total. The Morgan fingerprint density at radius 2 is 1.81 bits per heavy atom. The first kappa shape index (κ1) is 14.7. The highest BCUT2D eigenvalue weighted by atomic mass is 16.1. The first-order chi connectivity index (χ1) is 10.1. The van der Waals surface area contributed by atoms with Crippen molar-refractivity contribution in [1.29, 1.82) is 0 Å². The normalized spacial score (nSPS) is 11.0. The van der Waals surface area contributed by atoms with E-state index in [0.717, 1.165) is 28.2 Å². The molecule has 0 heterocycles. The summed E-state index contributed by atoms with van der Waals surface area (Å²) in [4.78, 5) is 15.7. The Balaban J connectivity index is 2.31. The van der Waals surface area contributed by atoms with Crippen molar-refractivity contribution in [2.24, 2.45) is 4.99 Å². The van der Waals surface area contributed by atoms with Crippen molar-refractivity contribution in [3.8, 4) is 0 Å². The maximum absolute atomic E-state index is 11.0. The second-order valence-corrected chi connectivity index (χ2v) is 4.75. The van der Waals surface area contributed by atoms with Crippen molar-refractivity contribution >= 4 is 23.0 Å². The Hall–Kier alpha value is -2.68. The highest BCUT2D eigenvalue weighted by Crippen LogP contribution is 2.20. The first-order valence-electron chi connectivity index (χ1n) is 6.75. The van der Waals surface area contributed by atoms with Gasteiger partial charge in [-0.15, -0.1) is 0 Å². The van der Waals surface area contributed by atoms with Crippen molar-refractivity contribution in [3.05, 3.63) is 72.3 Å². The molecule has 0 atom stereocenters. The number of aryl methyl sites for hydroxylation is 1. The van der Waals surface area contributed by atoms with E-state index in [-0.39, 0.29) is 5.91 Å². The molecule has 0 saturated carbocycles. The van der Waals surface area contributed by atoms with Crippen LogP contribution in [0.15, 0.2) is 66.2 Å². The minimum Gasteiger partial charge on any atom is -0.326 e. The summed E-state index contributed by atoms with van der Waals surface area (Å²) in [6, 6.07) is 15.5. The molecule has 0 saturated heterocycles. The van der Waals surface area contributed by atoms with Crippen LogP contribution >= 0.6 is 0 Å². The van der Waals surface area contributed by atoms with E-state index in [1.807, 2.05) is 55.5 Å². The molecule has 3 heteroatoms. The molecule has 0 spiro atoms. The van der Waals surface area contributed by atoms with Gasteiger partial charge in [0.05, 0.1) is 11.4 Å². The number of rotatable bonds is 4. The molecule has 0 aliphatic heterocycles. The molecule has 1 N–H and O–H groups in total. The summed E-state index contributed by atoms with van der Waals surface area (Å²) in [6.07, 6.45) is 1.74. The van der Waals surface area contributed by atoms with Gasteiger partial charge in [-0.2, -0.15) is 0 Å². The predicted molar refractivity (Wildman–Crippen MR) is 88.3 cm³/mol. The van der Waals surface area contributed by atoms with Crippen LogP contribution in [0.1, 0.15) is 18.1 Å². The molecular weight excluding hydrogens is 260 g/mol. The summed E-state index contributed by atoms with van der Waals surface area (Å²) in [5.74, 6) is -0.0831. The molecule has 21 heavy (non-hydrogen) atoms. The minimum absolute atomic E-state index is 0.0831. The van der Waals surface area contributed by atoms with Gasteiger partial charge >= 0.3 is 0 Å². The third-order valence-corrected chi connectivity index (χ3v) is 3.05. The summed E-state index contributed by atoms with van der Waals surface area (Å²) in [5.41, 5.74) is 4.58. The molecular formula is C18H18N2O. The van der Waals surface area contributed by atoms with E-state index in [1.165, 1.54) is 6.92 Å². The quantitative estimate of drug-likeness (QED) is 0.834. The van der Waals surface area contributed by atoms with Gasteiger partial charge in [0.25, 0.3) is 0 Å². The van der Waals surface area contributed by atoms with Gasteiger partial charge in [0.2, 0.25) is 5.91 Å². The SMILES string of the molecule is C=CC(=Nc1ccccc1C)c1ccc(NC(C)=O)cc1. The van der Waals surface area contributed by atoms with Gasteiger partial charge < -0.3 is 5.32 Å². The number of para-hydroxylation sites is 1. The summed E-state index contributed by atoms with van der Waals surface area (Å²) in [6.45, 7) is 7.35. The summed E-state index contributed by atoms with van der Waals surface area (Å²) < 4.78 is 0. The number of allylic oxidation sites excluding steroid dienone is 1. The van der Waals surface area contributed by atoms with Gasteiger partial charge in [-0.05, 0) is 36.8 Å². The molecule has 0 aliphatic rings. The van der Waals surface area contributed by atoms with Gasteiger partial charge in [0.1, 0.15) is 0 Å². The number of aliphatic imine (C=N–C) groups is 1. The summed E-state index contributed by atoms with van der Waals surface area (Å²) >= 11 is 0. The highest BCUT2D eigenvalue weighted by molar-refractivity contribution is 6.10. The van der Waals surface area contributed by atoms with Crippen LogP contribution in [0, 0.1) is 6.92 Å². The van der Waals surface area contributed by atoms with Gasteiger partial charge in [-0.3, -0.25) is 4.79 Å². The Labute approximate surface area is 125 Å². The Bertz CT molecular complexity index is 685. The van der Waals surface area contributed by atoms with Crippen molar-refractivity contribution in [3.63, 3.8) is 0 Å². The van der Waals surface area contributed by atoms with Gasteiger partial charge in [0, 0.05) is 18.2 Å². The fourth-order valence-corrected chi connectivity index (χ4v) is 1.97. The summed E-state index contributed by atoms with van der Waals surface area (Å²) in [7, 11) is 0. The molecule has 0 unspecified atom stereocenters. The number of carbonyl (C=O) groups is 1. The second kappa shape index (κ2) is 6.66. The second-order valence-electron chi connectivity index (χ2n) is 4.75. The number of anilines is 1. The zero-order valence-electron chi connectivity index (χ0n) is 12.3. The fraction of sp³-hybridized carbons (Fsp3) is 0.111. The third kappa shape index (κ3) is 3.89. The molecule has 0 fully saturated rings. The van der Waals surface area contributed by atoms with E-state index in [2.05, 4.69) is 16.9 Å². The maximum Gasteiger partial charge on any atom is 0.221 e. The van der Waals surface area contributed by atoms with E-state index in [1.54, 1.807) is 6.08 Å². The van der Waals surface area contributed by atoms with Crippen molar-refractivity contribution in [1.82, 2.24) is 0 Å². The van der Waals surface area contributed by atoms with Crippen molar-refractivity contribution in [2.75, 3.05) is 5.32 Å². The first-order valence-corrected chi connectivity index (χ1v) is 6.75. The van der Waals surface area contributed by atoms with Crippen LogP contribution in [0.3, 0.4) is 0 Å². The van der Waals surface area contributed by atoms with Crippen LogP contribution in [0.25, 0.3) is 0 Å². The monoisotopic (exact) mass is 278 g/mol. The molecule has 2 aromatic rings. The lowest BCUT2D eigenvalue weighted by Gasteiger charge is -2.06. The van der Waals surface area contributed by atoms with Gasteiger partial charge in [-0.25, -0.2) is 4.99 Å². The fourth-order valence-electron chi connectivity index (χ4n) is 1.97. The molecule has 106 valence electrons. The number of nitrogens with zero attached hydrogens (tertiary/aromatic N) is 1. The largest absolute Gasteiger partial charge is 0.326 e. The number of carbonyl (C=O) groups excluding carboxylic acids is 1. The average molecular weight is 278 g/mol. The van der Waals surface area contributed by atoms with Crippen LogP contribution in [-0.2, 0) is 4.79 Å². The number of nitrogens with one attached hydrogen (secondary N) is 1. The Morgan fingerprint density at radius 1 is 1.14 bits per heavy atom. The number of benzene rings is 2. The van der Waals surface area contributed by atoms with E-state index >= 15 is 0 Å². The lowest BCUT2D eigenvalue weighted by molar-refractivity contribution is -0.114. The van der Waals surface area contributed by atoms with E-state index < -0.39 is 0 Å². The van der Waals surface area contributed by atoms with Crippen molar-refractivity contribution in [2.45, 2.75) is 13.8 Å². The minimum atomic E-state index is -0.0831. The topological polar surface area (TPSA) is 41.5 Å². The molecule has 1 amide bonds. The zero-order chi connectivity index (χ0) is 15.2. The number of amides is 1. The zero-order valence-corrected chi connectivity index (χ0v) is 12.3.